The minimum absolute atomic E-state index is 0.0784. The quantitative estimate of drug-likeness (QED) is 0.459. The highest BCUT2D eigenvalue weighted by atomic mass is 32.2. The Labute approximate surface area is 161 Å². The monoisotopic (exact) mass is 397 g/mol. The van der Waals surface area contributed by atoms with Crippen molar-refractivity contribution in [2.45, 2.75) is 32.9 Å². The van der Waals surface area contributed by atoms with E-state index in [4.69, 9.17) is 0 Å². The van der Waals surface area contributed by atoms with Crippen molar-refractivity contribution >= 4 is 35.5 Å². The first-order valence-electron chi connectivity index (χ1n) is 8.90. The van der Waals surface area contributed by atoms with Crippen LogP contribution in [0.1, 0.15) is 20.8 Å². The third-order valence-electron chi connectivity index (χ3n) is 5.47. The molecule has 10 heteroatoms. The van der Waals surface area contributed by atoms with Gasteiger partial charge in [-0.15, -0.1) is 11.8 Å². The number of hydrogen-bond donors (Lipinski definition) is 2. The number of β-lactam (4-membered cyclic amide) rings is 1. The van der Waals surface area contributed by atoms with Crippen molar-refractivity contribution in [2.24, 2.45) is 11.8 Å². The molecule has 0 aromatic rings. The van der Waals surface area contributed by atoms with E-state index < -0.39 is 35.7 Å². The van der Waals surface area contributed by atoms with Gasteiger partial charge in [0.25, 0.3) is 0 Å². The Balaban J connectivity index is 1.76. The second kappa shape index (κ2) is 7.16. The zero-order chi connectivity index (χ0) is 20.0. The van der Waals surface area contributed by atoms with Crippen molar-refractivity contribution in [3.8, 4) is 0 Å². The van der Waals surface area contributed by atoms with E-state index in [0.29, 0.717) is 24.5 Å². The van der Waals surface area contributed by atoms with Crippen molar-refractivity contribution in [2.75, 3.05) is 25.5 Å². The molecule has 4 unspecified atom stereocenters. The number of piperazine rings is 1. The first kappa shape index (κ1) is 19.7. The normalized spacial score (nSPS) is 29.3. The van der Waals surface area contributed by atoms with Crippen LogP contribution in [0.4, 0.5) is 0 Å². The molecule has 27 heavy (non-hydrogen) atoms. The van der Waals surface area contributed by atoms with E-state index in [9.17, 15) is 29.4 Å². The van der Waals surface area contributed by atoms with Crippen LogP contribution < -0.4 is 0 Å². The van der Waals surface area contributed by atoms with E-state index in [1.54, 1.807) is 6.92 Å². The van der Waals surface area contributed by atoms with Gasteiger partial charge in [0.05, 0.1) is 23.9 Å². The number of rotatable bonds is 6. The van der Waals surface area contributed by atoms with Gasteiger partial charge in [0.1, 0.15) is 5.70 Å². The van der Waals surface area contributed by atoms with Gasteiger partial charge < -0.3 is 24.9 Å². The molecule has 0 saturated carbocycles. The van der Waals surface area contributed by atoms with Gasteiger partial charge in [-0.2, -0.15) is 0 Å². The molecule has 2 fully saturated rings. The van der Waals surface area contributed by atoms with Crippen LogP contribution in [0.25, 0.3) is 0 Å². The molecule has 0 aromatic heterocycles. The Morgan fingerprint density at radius 3 is 2.37 bits per heavy atom. The number of likely N-dealkylation sites (N-methyl/N-ethyl adjacent to an activating group) is 1. The SMILES string of the molecule is CCN1CCN(CSC2=C(C(=O)O)N3C(=O)C(C(C)O)C3C2C)C(=O)C1=O. The van der Waals surface area contributed by atoms with Crippen LogP contribution in [-0.4, -0.2) is 86.3 Å². The lowest BCUT2D eigenvalue weighted by atomic mass is 9.79. The summed E-state index contributed by atoms with van der Waals surface area (Å²) in [7, 11) is 0. The van der Waals surface area contributed by atoms with Crippen LogP contribution in [0, 0.1) is 11.8 Å². The minimum atomic E-state index is -1.21. The van der Waals surface area contributed by atoms with Gasteiger partial charge in [-0.1, -0.05) is 6.92 Å². The standard InChI is InChI=1S/C17H23N3O6S/c1-4-18-5-6-19(16(24)15(18)23)7-27-13-8(2)11-10(9(3)21)14(22)20(11)12(13)17(25)26/h8-11,21H,4-7H2,1-3H3,(H,25,26). The number of aliphatic hydroxyl groups is 1. The lowest BCUT2D eigenvalue weighted by Gasteiger charge is -2.46. The first-order valence-corrected chi connectivity index (χ1v) is 9.88. The molecule has 0 radical (unpaired) electrons. The molecule has 3 heterocycles. The molecular weight excluding hydrogens is 374 g/mol. The predicted octanol–water partition coefficient (Wildman–Crippen LogP) is -0.478. The molecule has 9 nitrogen and oxygen atoms in total. The summed E-state index contributed by atoms with van der Waals surface area (Å²) in [6, 6.07) is -0.389. The van der Waals surface area contributed by atoms with E-state index in [-0.39, 0.29) is 23.5 Å². The highest BCUT2D eigenvalue weighted by Crippen LogP contribution is 2.50. The molecule has 2 saturated heterocycles. The molecular formula is C17H23N3O6S. The maximum Gasteiger partial charge on any atom is 0.353 e. The number of thioether (sulfide) groups is 1. The molecule has 3 aliphatic rings. The zero-order valence-electron chi connectivity index (χ0n) is 15.4. The Morgan fingerprint density at radius 2 is 1.81 bits per heavy atom. The Morgan fingerprint density at radius 1 is 1.22 bits per heavy atom. The number of aliphatic carboxylic acids is 1. The maximum absolute atomic E-state index is 12.3. The molecule has 148 valence electrons. The molecule has 4 atom stereocenters. The summed E-state index contributed by atoms with van der Waals surface area (Å²) >= 11 is 1.17. The van der Waals surface area contributed by atoms with Gasteiger partial charge in [-0.25, -0.2) is 4.79 Å². The molecule has 0 spiro atoms. The summed E-state index contributed by atoms with van der Waals surface area (Å²) in [4.78, 5) is 52.9. The highest BCUT2D eigenvalue weighted by Gasteiger charge is 2.60. The summed E-state index contributed by atoms with van der Waals surface area (Å²) in [5, 5.41) is 19.4. The van der Waals surface area contributed by atoms with Crippen molar-refractivity contribution in [3.05, 3.63) is 10.6 Å². The van der Waals surface area contributed by atoms with Gasteiger partial charge in [-0.3, -0.25) is 14.4 Å². The molecule has 3 aliphatic heterocycles. The molecule has 3 rings (SSSR count). The topological polar surface area (TPSA) is 118 Å². The number of aliphatic hydroxyl groups excluding tert-OH is 1. The van der Waals surface area contributed by atoms with Gasteiger partial charge in [-0.05, 0) is 13.8 Å². The van der Waals surface area contributed by atoms with E-state index in [0.717, 1.165) is 0 Å². The fourth-order valence-electron chi connectivity index (χ4n) is 4.00. The van der Waals surface area contributed by atoms with Crippen molar-refractivity contribution in [1.82, 2.24) is 14.7 Å². The van der Waals surface area contributed by atoms with Crippen molar-refractivity contribution < 1.29 is 29.4 Å². The molecule has 0 bridgehead atoms. The third-order valence-corrected chi connectivity index (χ3v) is 6.78. The number of carboxylic acids is 1. The molecule has 0 aromatic carbocycles. The number of carbonyl (C=O) groups excluding carboxylic acids is 3. The van der Waals surface area contributed by atoms with Gasteiger partial charge in [0.2, 0.25) is 5.91 Å². The fourth-order valence-corrected chi connectivity index (χ4v) is 5.27. The molecule has 3 amide bonds. The van der Waals surface area contributed by atoms with E-state index in [1.165, 1.54) is 33.4 Å². The fraction of sp³-hybridized carbons (Fsp3) is 0.647. The van der Waals surface area contributed by atoms with E-state index in [2.05, 4.69) is 0 Å². The lowest BCUT2D eigenvalue weighted by molar-refractivity contribution is -0.163. The lowest BCUT2D eigenvalue weighted by Crippen LogP contribution is -2.63. The summed E-state index contributed by atoms with van der Waals surface area (Å²) < 4.78 is 0. The van der Waals surface area contributed by atoms with Crippen LogP contribution in [0.5, 0.6) is 0 Å². The van der Waals surface area contributed by atoms with Crippen LogP contribution in [0.2, 0.25) is 0 Å². The molecule has 0 aliphatic carbocycles. The van der Waals surface area contributed by atoms with Crippen LogP contribution >= 0.6 is 11.8 Å². The number of amides is 3. The summed E-state index contributed by atoms with van der Waals surface area (Å²) in [5.41, 5.74) is -0.0784. The number of nitrogens with zero attached hydrogens (tertiary/aromatic N) is 3. The summed E-state index contributed by atoms with van der Waals surface area (Å²) in [6.07, 6.45) is -0.859. The average Bonchev–Trinajstić information content (AvgIpc) is 2.85. The second-order valence-electron chi connectivity index (χ2n) is 7.00. The Bertz CT molecular complexity index is 736. The predicted molar refractivity (Wildman–Crippen MR) is 96.1 cm³/mol. The van der Waals surface area contributed by atoms with Crippen LogP contribution in [-0.2, 0) is 19.2 Å². The highest BCUT2D eigenvalue weighted by molar-refractivity contribution is 8.03. The Hall–Kier alpha value is -2.07. The number of carboxylic acid groups (broad SMARTS) is 1. The Kier molecular flexibility index (Phi) is 5.22. The summed E-state index contributed by atoms with van der Waals surface area (Å²) in [6.45, 7) is 6.45. The van der Waals surface area contributed by atoms with E-state index in [1.807, 2.05) is 6.92 Å². The van der Waals surface area contributed by atoms with E-state index >= 15 is 0 Å². The van der Waals surface area contributed by atoms with Crippen molar-refractivity contribution in [3.63, 3.8) is 0 Å². The third kappa shape index (κ3) is 3.00. The number of fused-ring (bicyclic) bond motifs is 1. The van der Waals surface area contributed by atoms with Crippen LogP contribution in [0.15, 0.2) is 10.6 Å². The van der Waals surface area contributed by atoms with Crippen molar-refractivity contribution in [1.29, 1.82) is 0 Å². The smallest absolute Gasteiger partial charge is 0.353 e. The second-order valence-corrected chi connectivity index (χ2v) is 7.99. The first-order chi connectivity index (χ1) is 12.7. The zero-order valence-corrected chi connectivity index (χ0v) is 16.2. The van der Waals surface area contributed by atoms with Gasteiger partial charge in [0, 0.05) is 30.5 Å². The van der Waals surface area contributed by atoms with Gasteiger partial charge in [0.15, 0.2) is 0 Å². The number of hydrogen-bond acceptors (Lipinski definition) is 6. The number of carbonyl (C=O) groups is 4. The largest absolute Gasteiger partial charge is 0.477 e. The average molecular weight is 397 g/mol. The van der Waals surface area contributed by atoms with Gasteiger partial charge >= 0.3 is 17.8 Å². The molecule has 2 N–H and O–H groups in total. The maximum atomic E-state index is 12.3. The minimum Gasteiger partial charge on any atom is -0.477 e. The van der Waals surface area contributed by atoms with Crippen LogP contribution in [0.3, 0.4) is 0 Å². The summed E-state index contributed by atoms with van der Waals surface area (Å²) in [5.74, 6) is -3.48.